The van der Waals surface area contributed by atoms with Crippen LogP contribution in [0.15, 0.2) is 29.2 Å². The van der Waals surface area contributed by atoms with Gasteiger partial charge in [-0.1, -0.05) is 32.9 Å². The van der Waals surface area contributed by atoms with Gasteiger partial charge in [-0.15, -0.1) is 11.8 Å². The molecule has 2 unspecified atom stereocenters. The molecule has 3 aliphatic rings. The molecule has 0 N–H and O–H groups in total. The maximum Gasteiger partial charge on any atom is 0.155 e. The van der Waals surface area contributed by atoms with Crippen molar-refractivity contribution >= 4 is 22.7 Å². The quantitative estimate of drug-likeness (QED) is 0.685. The molecule has 22 heavy (non-hydrogen) atoms. The molecule has 120 valence electrons. The summed E-state index contributed by atoms with van der Waals surface area (Å²) >= 11 is 2.10. The SMILES string of the molecule is CC(C)(C)c1ccc([S+]2C3CCC2CC2(C3)OCCS2)cc1. The zero-order chi connectivity index (χ0) is 15.4. The molecule has 3 heteroatoms. The molecular formula is C19H27OS2+. The molecule has 0 aromatic heterocycles. The van der Waals surface area contributed by atoms with Gasteiger partial charge in [-0.3, -0.25) is 0 Å². The van der Waals surface area contributed by atoms with Crippen LogP contribution in [0.2, 0.25) is 0 Å². The molecule has 2 atom stereocenters. The Kier molecular flexibility index (Phi) is 3.82. The van der Waals surface area contributed by atoms with E-state index in [1.807, 2.05) is 0 Å². The van der Waals surface area contributed by atoms with E-state index in [2.05, 4.69) is 56.8 Å². The second kappa shape index (κ2) is 5.46. The Bertz CT molecular complexity index is 524. The van der Waals surface area contributed by atoms with Gasteiger partial charge in [0, 0.05) is 42.3 Å². The van der Waals surface area contributed by atoms with E-state index in [0.717, 1.165) is 17.1 Å². The third kappa shape index (κ3) is 2.63. The molecule has 0 aliphatic carbocycles. The van der Waals surface area contributed by atoms with E-state index >= 15 is 0 Å². The van der Waals surface area contributed by atoms with Crippen molar-refractivity contribution in [1.29, 1.82) is 0 Å². The number of hydrogen-bond acceptors (Lipinski definition) is 2. The average Bonchev–Trinajstić information content (AvgIpc) is 3.02. The number of hydrogen-bond donors (Lipinski definition) is 0. The Morgan fingerprint density at radius 1 is 1.09 bits per heavy atom. The summed E-state index contributed by atoms with van der Waals surface area (Å²) in [5, 5.41) is 1.73. The molecule has 3 heterocycles. The first kappa shape index (κ1) is 15.4. The molecular weight excluding hydrogens is 308 g/mol. The molecule has 3 saturated heterocycles. The standard InChI is InChI=1S/C19H27OS2/c1-18(2,3)14-4-6-15(7-5-14)22-16-8-9-17(22)13-19(12-16)20-10-11-21-19/h4-7,16-17H,8-13H2,1-3H3/q+1. The van der Waals surface area contributed by atoms with Gasteiger partial charge in [0.15, 0.2) is 4.90 Å². The first-order valence-corrected chi connectivity index (χ1v) is 10.9. The van der Waals surface area contributed by atoms with Crippen LogP contribution in [-0.2, 0) is 21.0 Å². The Morgan fingerprint density at radius 3 is 2.23 bits per heavy atom. The molecule has 1 aromatic rings. The van der Waals surface area contributed by atoms with Crippen LogP contribution in [0.3, 0.4) is 0 Å². The van der Waals surface area contributed by atoms with Gasteiger partial charge < -0.3 is 4.74 Å². The first-order chi connectivity index (χ1) is 10.5. The van der Waals surface area contributed by atoms with Crippen LogP contribution < -0.4 is 0 Å². The summed E-state index contributed by atoms with van der Waals surface area (Å²) < 4.78 is 6.18. The second-order valence-corrected chi connectivity index (χ2v) is 12.0. The Labute approximate surface area is 141 Å². The summed E-state index contributed by atoms with van der Waals surface area (Å²) in [7, 11) is 0.463. The van der Waals surface area contributed by atoms with E-state index in [1.54, 1.807) is 4.90 Å². The fourth-order valence-electron chi connectivity index (χ4n) is 4.29. The van der Waals surface area contributed by atoms with Gasteiger partial charge in [-0.05, 0) is 23.1 Å². The molecule has 0 radical (unpaired) electrons. The lowest BCUT2D eigenvalue weighted by molar-refractivity contribution is 0.0389. The molecule has 1 nitrogen and oxygen atoms in total. The van der Waals surface area contributed by atoms with Crippen LogP contribution >= 0.6 is 11.8 Å². The summed E-state index contributed by atoms with van der Waals surface area (Å²) in [5.41, 5.74) is 1.71. The highest BCUT2D eigenvalue weighted by Crippen LogP contribution is 2.54. The third-order valence-corrected chi connectivity index (χ3v) is 9.82. The monoisotopic (exact) mass is 335 g/mol. The number of thioether (sulfide) groups is 1. The van der Waals surface area contributed by atoms with Gasteiger partial charge in [0.05, 0.1) is 6.61 Å². The van der Waals surface area contributed by atoms with Crippen molar-refractivity contribution < 1.29 is 4.74 Å². The molecule has 1 spiro atoms. The summed E-state index contributed by atoms with van der Waals surface area (Å²) in [5.74, 6) is 1.20. The minimum absolute atomic E-state index is 0.195. The Morgan fingerprint density at radius 2 is 1.73 bits per heavy atom. The van der Waals surface area contributed by atoms with Gasteiger partial charge in [-0.25, -0.2) is 0 Å². The maximum atomic E-state index is 6.18. The zero-order valence-corrected chi connectivity index (χ0v) is 15.6. The highest BCUT2D eigenvalue weighted by Gasteiger charge is 2.59. The van der Waals surface area contributed by atoms with Gasteiger partial charge in [0.1, 0.15) is 15.4 Å². The number of fused-ring (bicyclic) bond motifs is 2. The molecule has 2 bridgehead atoms. The van der Waals surface area contributed by atoms with Crippen molar-refractivity contribution in [2.75, 3.05) is 12.4 Å². The van der Waals surface area contributed by atoms with Crippen LogP contribution in [0, 0.1) is 0 Å². The molecule has 3 fully saturated rings. The Balaban J connectivity index is 1.57. The van der Waals surface area contributed by atoms with E-state index in [-0.39, 0.29) is 10.3 Å². The zero-order valence-electron chi connectivity index (χ0n) is 13.9. The fourth-order valence-corrected chi connectivity index (χ4v) is 9.28. The predicted molar refractivity (Wildman–Crippen MR) is 98.0 cm³/mol. The van der Waals surface area contributed by atoms with Gasteiger partial charge in [-0.2, -0.15) is 0 Å². The van der Waals surface area contributed by atoms with Crippen molar-refractivity contribution in [3.8, 4) is 0 Å². The summed E-state index contributed by atoms with van der Waals surface area (Å²) in [4.78, 5) is 1.80. The summed E-state index contributed by atoms with van der Waals surface area (Å²) in [6, 6.07) is 9.59. The highest BCUT2D eigenvalue weighted by atomic mass is 32.2. The topological polar surface area (TPSA) is 9.23 Å². The lowest BCUT2D eigenvalue weighted by atomic mass is 9.87. The average molecular weight is 336 g/mol. The smallest absolute Gasteiger partial charge is 0.155 e. The van der Waals surface area contributed by atoms with Crippen molar-refractivity contribution in [3.63, 3.8) is 0 Å². The predicted octanol–water partition coefficient (Wildman–Crippen LogP) is 4.75. The van der Waals surface area contributed by atoms with E-state index in [1.165, 1.54) is 37.0 Å². The van der Waals surface area contributed by atoms with Gasteiger partial charge in [0.2, 0.25) is 0 Å². The molecule has 4 rings (SSSR count). The molecule has 0 saturated carbocycles. The molecule has 0 amide bonds. The summed E-state index contributed by atoms with van der Waals surface area (Å²) in [6.07, 6.45) is 5.41. The molecule has 1 aromatic carbocycles. The van der Waals surface area contributed by atoms with Gasteiger partial charge >= 0.3 is 0 Å². The van der Waals surface area contributed by atoms with Crippen LogP contribution in [0.25, 0.3) is 0 Å². The lowest BCUT2D eigenvalue weighted by Gasteiger charge is -2.35. The number of benzene rings is 1. The highest BCUT2D eigenvalue weighted by molar-refractivity contribution is 8.01. The normalized spacial score (nSPS) is 37.9. The first-order valence-electron chi connectivity index (χ1n) is 8.57. The number of rotatable bonds is 1. The minimum Gasteiger partial charge on any atom is -0.363 e. The summed E-state index contributed by atoms with van der Waals surface area (Å²) in [6.45, 7) is 7.87. The maximum absolute atomic E-state index is 6.18. The van der Waals surface area contributed by atoms with Gasteiger partial charge in [0.25, 0.3) is 0 Å². The Hall–Kier alpha value is -0.120. The van der Waals surface area contributed by atoms with Crippen LogP contribution in [0.1, 0.15) is 52.0 Å². The molecule has 3 aliphatic heterocycles. The van der Waals surface area contributed by atoms with Crippen LogP contribution in [-0.4, -0.2) is 27.8 Å². The van der Waals surface area contributed by atoms with Crippen LogP contribution in [0.4, 0.5) is 0 Å². The van der Waals surface area contributed by atoms with Crippen molar-refractivity contribution in [2.45, 2.75) is 72.2 Å². The third-order valence-electron chi connectivity index (χ3n) is 5.41. The van der Waals surface area contributed by atoms with Crippen LogP contribution in [0.5, 0.6) is 0 Å². The fraction of sp³-hybridized carbons (Fsp3) is 0.684. The minimum atomic E-state index is 0.195. The van der Waals surface area contributed by atoms with Crippen molar-refractivity contribution in [1.82, 2.24) is 0 Å². The van der Waals surface area contributed by atoms with Crippen molar-refractivity contribution in [3.05, 3.63) is 29.8 Å². The van der Waals surface area contributed by atoms with E-state index in [4.69, 9.17) is 4.74 Å². The van der Waals surface area contributed by atoms with Crippen molar-refractivity contribution in [2.24, 2.45) is 0 Å². The van der Waals surface area contributed by atoms with E-state index < -0.39 is 0 Å². The van der Waals surface area contributed by atoms with E-state index in [9.17, 15) is 0 Å². The second-order valence-electron chi connectivity index (χ2n) is 7.98. The lowest BCUT2D eigenvalue weighted by Crippen LogP contribution is -2.43. The largest absolute Gasteiger partial charge is 0.363 e. The number of ether oxygens (including phenoxy) is 1. The van der Waals surface area contributed by atoms with E-state index in [0.29, 0.717) is 10.9 Å².